The van der Waals surface area contributed by atoms with Crippen molar-refractivity contribution in [2.75, 3.05) is 18.5 Å². The monoisotopic (exact) mass is 297 g/mol. The lowest BCUT2D eigenvalue weighted by Gasteiger charge is -2.41. The van der Waals surface area contributed by atoms with Gasteiger partial charge in [-0.15, -0.1) is 0 Å². The van der Waals surface area contributed by atoms with Gasteiger partial charge in [0.15, 0.2) is 6.29 Å². The summed E-state index contributed by atoms with van der Waals surface area (Å²) < 4.78 is 11.0. The summed E-state index contributed by atoms with van der Waals surface area (Å²) in [6, 6.07) is -0.431. The SMILES string of the molecule is C[C@H]1C(OCCCBr)O[C@H](CO)[C@@H](O)[C@@H]1N. The van der Waals surface area contributed by atoms with Crippen LogP contribution in [0.4, 0.5) is 0 Å². The van der Waals surface area contributed by atoms with Gasteiger partial charge in [0.25, 0.3) is 0 Å². The summed E-state index contributed by atoms with van der Waals surface area (Å²) in [5.41, 5.74) is 5.85. The normalized spacial score (nSPS) is 39.9. The number of aliphatic hydroxyl groups is 2. The Labute approximate surface area is 104 Å². The first kappa shape index (κ1) is 14.3. The number of alkyl halides is 1. The highest BCUT2D eigenvalue weighted by Gasteiger charge is 2.41. The van der Waals surface area contributed by atoms with E-state index in [0.29, 0.717) is 6.61 Å². The van der Waals surface area contributed by atoms with E-state index in [-0.39, 0.29) is 12.5 Å². The molecule has 1 aliphatic rings. The van der Waals surface area contributed by atoms with Gasteiger partial charge in [0, 0.05) is 17.3 Å². The van der Waals surface area contributed by atoms with Crippen LogP contribution in [0.15, 0.2) is 0 Å². The molecule has 0 aromatic heterocycles. The highest BCUT2D eigenvalue weighted by atomic mass is 79.9. The zero-order valence-corrected chi connectivity index (χ0v) is 11.0. The number of rotatable bonds is 5. The summed E-state index contributed by atoms with van der Waals surface area (Å²) in [4.78, 5) is 0. The topological polar surface area (TPSA) is 84.9 Å². The molecule has 1 heterocycles. The Morgan fingerprint density at radius 2 is 2.19 bits per heavy atom. The number of nitrogens with two attached hydrogens (primary N) is 1. The predicted octanol–water partition coefficient (Wildman–Crippen LogP) is -0.170. The third kappa shape index (κ3) is 3.38. The van der Waals surface area contributed by atoms with Crippen molar-refractivity contribution in [1.29, 1.82) is 0 Å². The Morgan fingerprint density at radius 3 is 2.75 bits per heavy atom. The molecule has 0 radical (unpaired) electrons. The van der Waals surface area contributed by atoms with E-state index in [1.54, 1.807) is 0 Å². The molecule has 0 aromatic carbocycles. The van der Waals surface area contributed by atoms with Crippen molar-refractivity contribution in [3.8, 4) is 0 Å². The van der Waals surface area contributed by atoms with Crippen LogP contribution < -0.4 is 5.73 Å². The van der Waals surface area contributed by atoms with E-state index >= 15 is 0 Å². The van der Waals surface area contributed by atoms with Crippen molar-refractivity contribution in [3.63, 3.8) is 0 Å². The minimum Gasteiger partial charge on any atom is -0.394 e. The standard InChI is InChI=1S/C10H20BrNO4/c1-6-8(12)9(14)7(5-13)16-10(6)15-4-2-3-11/h6-10,13-14H,2-5,12H2,1H3/t6-,7-,8-,9-,10?/m1/s1. The van der Waals surface area contributed by atoms with Crippen molar-refractivity contribution in [2.45, 2.75) is 37.9 Å². The van der Waals surface area contributed by atoms with Gasteiger partial charge in [0.05, 0.1) is 19.3 Å². The lowest BCUT2D eigenvalue weighted by atomic mass is 9.91. The minimum absolute atomic E-state index is 0.0897. The lowest BCUT2D eigenvalue weighted by Crippen LogP contribution is -2.59. The molecule has 0 amide bonds. The molecule has 4 N–H and O–H groups in total. The molecule has 1 unspecified atom stereocenters. The summed E-state index contributed by atoms with van der Waals surface area (Å²) in [5, 5.41) is 19.6. The van der Waals surface area contributed by atoms with Crippen LogP contribution in [0.3, 0.4) is 0 Å². The number of hydrogen-bond donors (Lipinski definition) is 3. The van der Waals surface area contributed by atoms with Gasteiger partial charge in [0.1, 0.15) is 6.10 Å². The molecule has 16 heavy (non-hydrogen) atoms. The second-order valence-corrected chi connectivity index (χ2v) is 4.86. The van der Waals surface area contributed by atoms with Crippen molar-refractivity contribution >= 4 is 15.9 Å². The quantitative estimate of drug-likeness (QED) is 0.485. The number of halogens is 1. The van der Waals surface area contributed by atoms with Crippen LogP contribution in [0.5, 0.6) is 0 Å². The molecule has 96 valence electrons. The molecular formula is C10H20BrNO4. The molecule has 0 aromatic rings. The smallest absolute Gasteiger partial charge is 0.162 e. The van der Waals surface area contributed by atoms with Gasteiger partial charge in [-0.25, -0.2) is 0 Å². The average molecular weight is 298 g/mol. The fraction of sp³-hybridized carbons (Fsp3) is 1.00. The minimum atomic E-state index is -0.837. The summed E-state index contributed by atoms with van der Waals surface area (Å²) >= 11 is 3.31. The van der Waals surface area contributed by atoms with Crippen molar-refractivity contribution in [3.05, 3.63) is 0 Å². The van der Waals surface area contributed by atoms with Crippen molar-refractivity contribution in [1.82, 2.24) is 0 Å². The third-order valence-corrected chi connectivity index (χ3v) is 3.42. The number of hydrogen-bond acceptors (Lipinski definition) is 5. The number of aliphatic hydroxyl groups excluding tert-OH is 2. The second kappa shape index (κ2) is 6.88. The molecule has 0 saturated carbocycles. The van der Waals surface area contributed by atoms with Crippen LogP contribution in [0.25, 0.3) is 0 Å². The Morgan fingerprint density at radius 1 is 1.50 bits per heavy atom. The maximum Gasteiger partial charge on any atom is 0.162 e. The fourth-order valence-electron chi connectivity index (χ4n) is 1.71. The Bertz CT molecular complexity index is 205. The zero-order chi connectivity index (χ0) is 12.1. The number of ether oxygens (including phenoxy) is 2. The Hall–Kier alpha value is 0.280. The van der Waals surface area contributed by atoms with Crippen LogP contribution in [0.2, 0.25) is 0 Å². The maximum atomic E-state index is 9.72. The van der Waals surface area contributed by atoms with Crippen LogP contribution in [0.1, 0.15) is 13.3 Å². The van der Waals surface area contributed by atoms with Gasteiger partial charge in [-0.3, -0.25) is 0 Å². The molecule has 1 fully saturated rings. The first-order valence-corrected chi connectivity index (χ1v) is 6.61. The first-order valence-electron chi connectivity index (χ1n) is 5.49. The van der Waals surface area contributed by atoms with Crippen molar-refractivity contribution < 1.29 is 19.7 Å². The highest BCUT2D eigenvalue weighted by molar-refractivity contribution is 9.09. The van der Waals surface area contributed by atoms with Crippen molar-refractivity contribution in [2.24, 2.45) is 11.7 Å². The first-order chi connectivity index (χ1) is 7.61. The van der Waals surface area contributed by atoms with E-state index in [1.807, 2.05) is 6.92 Å². The predicted molar refractivity (Wildman–Crippen MR) is 63.3 cm³/mol. The molecule has 6 heteroatoms. The molecule has 1 rings (SSSR count). The van der Waals surface area contributed by atoms with E-state index in [1.165, 1.54) is 0 Å². The molecule has 1 aliphatic heterocycles. The van der Waals surface area contributed by atoms with Crippen LogP contribution in [-0.2, 0) is 9.47 Å². The van der Waals surface area contributed by atoms with Crippen LogP contribution >= 0.6 is 15.9 Å². The largest absolute Gasteiger partial charge is 0.394 e. The van der Waals surface area contributed by atoms with E-state index in [0.717, 1.165) is 11.8 Å². The van der Waals surface area contributed by atoms with E-state index in [2.05, 4.69) is 15.9 Å². The Kier molecular flexibility index (Phi) is 6.17. The van der Waals surface area contributed by atoms with Gasteiger partial charge in [-0.05, 0) is 6.42 Å². The second-order valence-electron chi connectivity index (χ2n) is 4.07. The molecule has 0 aliphatic carbocycles. The van der Waals surface area contributed by atoms with Crippen LogP contribution in [-0.4, -0.2) is 53.3 Å². The van der Waals surface area contributed by atoms with Gasteiger partial charge in [0.2, 0.25) is 0 Å². The van der Waals surface area contributed by atoms with Gasteiger partial charge in [-0.1, -0.05) is 22.9 Å². The van der Waals surface area contributed by atoms with Gasteiger partial charge in [-0.2, -0.15) is 0 Å². The van der Waals surface area contributed by atoms with Gasteiger partial charge >= 0.3 is 0 Å². The Balaban J connectivity index is 2.50. The maximum absolute atomic E-state index is 9.72. The molecule has 1 saturated heterocycles. The van der Waals surface area contributed by atoms with E-state index < -0.39 is 24.5 Å². The summed E-state index contributed by atoms with van der Waals surface area (Å²) in [6.07, 6.45) is -1.06. The third-order valence-electron chi connectivity index (χ3n) is 2.86. The summed E-state index contributed by atoms with van der Waals surface area (Å²) in [5.74, 6) is -0.0897. The average Bonchev–Trinajstić information content (AvgIpc) is 2.29. The fourth-order valence-corrected chi connectivity index (χ4v) is 1.94. The molecule has 0 bridgehead atoms. The molecule has 5 nitrogen and oxygen atoms in total. The van der Waals surface area contributed by atoms with Gasteiger partial charge < -0.3 is 25.4 Å². The van der Waals surface area contributed by atoms with E-state index in [9.17, 15) is 5.11 Å². The molecule has 0 spiro atoms. The summed E-state index contributed by atoms with van der Waals surface area (Å²) in [7, 11) is 0. The molecule has 5 atom stereocenters. The van der Waals surface area contributed by atoms with E-state index in [4.69, 9.17) is 20.3 Å². The molecular weight excluding hydrogens is 278 g/mol. The highest BCUT2D eigenvalue weighted by Crippen LogP contribution is 2.25. The zero-order valence-electron chi connectivity index (χ0n) is 9.38. The lowest BCUT2D eigenvalue weighted by molar-refractivity contribution is -0.257. The van der Waals surface area contributed by atoms with Crippen LogP contribution in [0, 0.1) is 5.92 Å². The summed E-state index contributed by atoms with van der Waals surface area (Å²) in [6.45, 7) is 2.20.